The Morgan fingerprint density at radius 3 is 2.06 bits per heavy atom. The lowest BCUT2D eigenvalue weighted by Gasteiger charge is -2.10. The average Bonchev–Trinajstić information content (AvgIpc) is 2.40. The van der Waals surface area contributed by atoms with Crippen LogP contribution in [0.4, 0.5) is 5.69 Å². The molecule has 0 aliphatic rings. The van der Waals surface area contributed by atoms with E-state index in [1.54, 1.807) is 13.0 Å². The van der Waals surface area contributed by atoms with E-state index in [-0.39, 0.29) is 5.78 Å². The highest BCUT2D eigenvalue weighted by atomic mass is 16.1. The summed E-state index contributed by atoms with van der Waals surface area (Å²) < 4.78 is 0. The van der Waals surface area contributed by atoms with Crippen molar-refractivity contribution in [2.24, 2.45) is 0 Å². The van der Waals surface area contributed by atoms with Crippen LogP contribution in [0.5, 0.6) is 0 Å². The van der Waals surface area contributed by atoms with Crippen LogP contribution < -0.4 is 5.32 Å². The zero-order valence-electron chi connectivity index (χ0n) is 10.3. The number of nitrogens with one attached hydrogen (secondary N) is 1. The fraction of sp³-hybridized carbons (Fsp3) is 0.0625. The zero-order valence-corrected chi connectivity index (χ0v) is 10.3. The largest absolute Gasteiger partial charge is 0.355 e. The summed E-state index contributed by atoms with van der Waals surface area (Å²) >= 11 is 0. The van der Waals surface area contributed by atoms with E-state index in [0.717, 1.165) is 16.9 Å². The second-order valence-electron chi connectivity index (χ2n) is 4.03. The Kier molecular flexibility index (Phi) is 3.92. The molecule has 2 heteroatoms. The van der Waals surface area contributed by atoms with Gasteiger partial charge in [-0.3, -0.25) is 4.79 Å². The van der Waals surface area contributed by atoms with Gasteiger partial charge in [0.2, 0.25) is 0 Å². The molecular weight excluding hydrogens is 222 g/mol. The van der Waals surface area contributed by atoms with E-state index in [1.165, 1.54) is 0 Å². The molecule has 2 nitrogen and oxygen atoms in total. The molecule has 0 atom stereocenters. The van der Waals surface area contributed by atoms with Crippen LogP contribution in [0.15, 0.2) is 66.7 Å². The van der Waals surface area contributed by atoms with Crippen LogP contribution in [0.25, 0.3) is 5.70 Å². The highest BCUT2D eigenvalue weighted by molar-refractivity contribution is 5.97. The van der Waals surface area contributed by atoms with Gasteiger partial charge in [0.15, 0.2) is 5.78 Å². The number of ketones is 1. The van der Waals surface area contributed by atoms with Gasteiger partial charge in [0.25, 0.3) is 0 Å². The molecule has 0 fully saturated rings. The Bertz CT molecular complexity index is 544. The van der Waals surface area contributed by atoms with Gasteiger partial charge in [-0.2, -0.15) is 0 Å². The minimum absolute atomic E-state index is 0.0253. The second kappa shape index (κ2) is 5.82. The van der Waals surface area contributed by atoms with Crippen LogP contribution in [-0.4, -0.2) is 5.78 Å². The third kappa shape index (κ3) is 3.32. The number of carbonyl (C=O) groups is 1. The molecule has 0 saturated carbocycles. The molecule has 0 heterocycles. The van der Waals surface area contributed by atoms with Crippen molar-refractivity contribution < 1.29 is 4.79 Å². The topological polar surface area (TPSA) is 29.1 Å². The van der Waals surface area contributed by atoms with Gasteiger partial charge in [0.1, 0.15) is 0 Å². The standard InChI is InChI=1S/C16H15NO/c1-13(18)12-16(14-8-4-2-5-9-14)17-15-10-6-3-7-11-15/h2-12,17H,1H3/b16-12-. The average molecular weight is 237 g/mol. The van der Waals surface area contributed by atoms with Gasteiger partial charge >= 0.3 is 0 Å². The Balaban J connectivity index is 2.31. The molecule has 2 rings (SSSR count). The van der Waals surface area contributed by atoms with Crippen molar-refractivity contribution >= 4 is 17.2 Å². The normalized spacial score (nSPS) is 11.1. The molecule has 0 radical (unpaired) electrons. The fourth-order valence-corrected chi connectivity index (χ4v) is 1.69. The van der Waals surface area contributed by atoms with Crippen molar-refractivity contribution in [2.45, 2.75) is 6.92 Å². The number of hydrogen-bond donors (Lipinski definition) is 1. The first-order chi connectivity index (χ1) is 8.75. The van der Waals surface area contributed by atoms with Gasteiger partial charge < -0.3 is 5.32 Å². The number of carbonyl (C=O) groups excluding carboxylic acids is 1. The van der Waals surface area contributed by atoms with Crippen molar-refractivity contribution in [1.82, 2.24) is 0 Å². The van der Waals surface area contributed by atoms with Crippen molar-refractivity contribution in [1.29, 1.82) is 0 Å². The van der Waals surface area contributed by atoms with Crippen LogP contribution in [0.2, 0.25) is 0 Å². The third-order valence-electron chi connectivity index (χ3n) is 2.49. The van der Waals surface area contributed by atoms with Gasteiger partial charge in [-0.05, 0) is 24.6 Å². The molecule has 18 heavy (non-hydrogen) atoms. The van der Waals surface area contributed by atoms with E-state index >= 15 is 0 Å². The van der Waals surface area contributed by atoms with Crippen LogP contribution >= 0.6 is 0 Å². The predicted molar refractivity (Wildman–Crippen MR) is 75.2 cm³/mol. The van der Waals surface area contributed by atoms with E-state index in [2.05, 4.69) is 5.32 Å². The summed E-state index contributed by atoms with van der Waals surface area (Å²) in [6.45, 7) is 1.55. The minimum Gasteiger partial charge on any atom is -0.355 e. The minimum atomic E-state index is 0.0253. The van der Waals surface area contributed by atoms with Crippen LogP contribution in [0.3, 0.4) is 0 Å². The van der Waals surface area contributed by atoms with E-state index < -0.39 is 0 Å². The summed E-state index contributed by atoms with van der Waals surface area (Å²) in [5, 5.41) is 3.27. The maximum Gasteiger partial charge on any atom is 0.154 e. The molecule has 0 bridgehead atoms. The number of allylic oxidation sites excluding steroid dienone is 1. The summed E-state index contributed by atoms with van der Waals surface area (Å²) in [5.41, 5.74) is 2.78. The van der Waals surface area contributed by atoms with Crippen LogP contribution in [-0.2, 0) is 4.79 Å². The quantitative estimate of drug-likeness (QED) is 0.821. The molecule has 2 aromatic carbocycles. The maximum absolute atomic E-state index is 11.3. The van der Waals surface area contributed by atoms with Gasteiger partial charge in [0, 0.05) is 17.5 Å². The van der Waals surface area contributed by atoms with Gasteiger partial charge in [-0.15, -0.1) is 0 Å². The molecule has 0 spiro atoms. The molecule has 0 aliphatic heterocycles. The van der Waals surface area contributed by atoms with Crippen molar-refractivity contribution in [3.8, 4) is 0 Å². The fourth-order valence-electron chi connectivity index (χ4n) is 1.69. The lowest BCUT2D eigenvalue weighted by Crippen LogP contribution is -2.01. The van der Waals surface area contributed by atoms with Crippen molar-refractivity contribution in [3.05, 3.63) is 72.3 Å². The molecular formula is C16H15NO. The number of benzene rings is 2. The van der Waals surface area contributed by atoms with E-state index in [4.69, 9.17) is 0 Å². The molecule has 2 aromatic rings. The maximum atomic E-state index is 11.3. The Hall–Kier alpha value is -2.35. The summed E-state index contributed by atoms with van der Waals surface area (Å²) in [5.74, 6) is 0.0253. The number of para-hydroxylation sites is 1. The Morgan fingerprint density at radius 1 is 0.944 bits per heavy atom. The van der Waals surface area contributed by atoms with Crippen LogP contribution in [0.1, 0.15) is 12.5 Å². The van der Waals surface area contributed by atoms with E-state index in [9.17, 15) is 4.79 Å². The molecule has 0 amide bonds. The number of rotatable bonds is 4. The predicted octanol–water partition coefficient (Wildman–Crippen LogP) is 3.73. The summed E-state index contributed by atoms with van der Waals surface area (Å²) in [6.07, 6.45) is 1.61. The van der Waals surface area contributed by atoms with Crippen molar-refractivity contribution in [2.75, 3.05) is 5.32 Å². The SMILES string of the molecule is CC(=O)/C=C(\Nc1ccccc1)c1ccccc1. The summed E-state index contributed by atoms with van der Waals surface area (Å²) in [4.78, 5) is 11.3. The van der Waals surface area contributed by atoms with Crippen molar-refractivity contribution in [3.63, 3.8) is 0 Å². The van der Waals surface area contributed by atoms with Gasteiger partial charge in [0.05, 0.1) is 0 Å². The molecule has 0 aliphatic carbocycles. The Labute approximate surface area is 107 Å². The second-order valence-corrected chi connectivity index (χ2v) is 4.03. The highest BCUT2D eigenvalue weighted by Crippen LogP contribution is 2.18. The van der Waals surface area contributed by atoms with Crippen LogP contribution in [0, 0.1) is 0 Å². The molecule has 0 saturated heterocycles. The molecule has 1 N–H and O–H groups in total. The highest BCUT2D eigenvalue weighted by Gasteiger charge is 2.02. The number of anilines is 1. The first-order valence-corrected chi connectivity index (χ1v) is 5.85. The summed E-state index contributed by atoms with van der Waals surface area (Å²) in [7, 11) is 0. The third-order valence-corrected chi connectivity index (χ3v) is 2.49. The number of hydrogen-bond acceptors (Lipinski definition) is 2. The van der Waals surface area contributed by atoms with Gasteiger partial charge in [-0.1, -0.05) is 48.5 Å². The molecule has 0 aromatic heterocycles. The Morgan fingerprint density at radius 2 is 1.50 bits per heavy atom. The summed E-state index contributed by atoms with van der Waals surface area (Å²) in [6, 6.07) is 19.6. The lowest BCUT2D eigenvalue weighted by molar-refractivity contribution is -0.112. The lowest BCUT2D eigenvalue weighted by atomic mass is 10.1. The van der Waals surface area contributed by atoms with E-state index in [1.807, 2.05) is 60.7 Å². The first kappa shape index (κ1) is 12.1. The molecule has 90 valence electrons. The monoisotopic (exact) mass is 237 g/mol. The first-order valence-electron chi connectivity index (χ1n) is 5.85. The zero-order chi connectivity index (χ0) is 12.8. The smallest absolute Gasteiger partial charge is 0.154 e. The van der Waals surface area contributed by atoms with Gasteiger partial charge in [-0.25, -0.2) is 0 Å². The van der Waals surface area contributed by atoms with E-state index in [0.29, 0.717) is 0 Å². The molecule has 0 unspecified atom stereocenters.